The first-order valence-electron chi connectivity index (χ1n) is 10.2. The Balaban J connectivity index is 1.52. The van der Waals surface area contributed by atoms with Crippen molar-refractivity contribution < 1.29 is 9.90 Å². The Morgan fingerprint density at radius 3 is 2.79 bits per heavy atom. The van der Waals surface area contributed by atoms with Gasteiger partial charge in [-0.3, -0.25) is 4.79 Å². The van der Waals surface area contributed by atoms with Crippen molar-refractivity contribution in [2.75, 3.05) is 13.1 Å². The molecule has 1 aliphatic heterocycles. The van der Waals surface area contributed by atoms with E-state index in [-0.39, 0.29) is 17.6 Å². The number of H-pyrrole nitrogens is 1. The Kier molecular flexibility index (Phi) is 4.34. The molecule has 0 bridgehead atoms. The van der Waals surface area contributed by atoms with Crippen molar-refractivity contribution in [2.45, 2.75) is 31.6 Å². The summed E-state index contributed by atoms with van der Waals surface area (Å²) < 4.78 is 0. The van der Waals surface area contributed by atoms with Crippen LogP contribution in [0.4, 0.5) is 0 Å². The molecule has 0 atom stereocenters. The summed E-state index contributed by atoms with van der Waals surface area (Å²) in [6, 6.07) is 9.24. The van der Waals surface area contributed by atoms with E-state index in [0.717, 1.165) is 23.4 Å². The van der Waals surface area contributed by atoms with E-state index in [1.807, 2.05) is 23.1 Å². The van der Waals surface area contributed by atoms with E-state index in [4.69, 9.17) is 0 Å². The highest BCUT2D eigenvalue weighted by Crippen LogP contribution is 2.39. The number of aromatic nitrogens is 3. The number of hydrogen-bond donors (Lipinski definition) is 2. The van der Waals surface area contributed by atoms with Crippen molar-refractivity contribution in [1.82, 2.24) is 20.1 Å². The molecule has 2 aliphatic rings. The van der Waals surface area contributed by atoms with Crippen LogP contribution >= 0.6 is 0 Å². The van der Waals surface area contributed by atoms with Gasteiger partial charge < -0.3 is 15.0 Å². The molecule has 1 saturated heterocycles. The lowest BCUT2D eigenvalue weighted by molar-refractivity contribution is -0.130. The van der Waals surface area contributed by atoms with Gasteiger partial charge in [0.05, 0.1) is 5.69 Å². The van der Waals surface area contributed by atoms with Crippen LogP contribution in [0.2, 0.25) is 0 Å². The number of fused-ring (bicyclic) bond motifs is 1. The second-order valence-corrected chi connectivity index (χ2v) is 8.15. The van der Waals surface area contributed by atoms with E-state index in [9.17, 15) is 9.90 Å². The number of para-hydroxylation sites is 1. The number of aromatic amines is 1. The van der Waals surface area contributed by atoms with Gasteiger partial charge in [-0.25, -0.2) is 0 Å². The second-order valence-electron chi connectivity index (χ2n) is 8.15. The van der Waals surface area contributed by atoms with Gasteiger partial charge in [0.15, 0.2) is 5.65 Å². The number of rotatable bonds is 6. The zero-order valence-corrected chi connectivity index (χ0v) is 16.3. The van der Waals surface area contributed by atoms with Crippen molar-refractivity contribution in [2.24, 2.45) is 5.92 Å². The Labute approximate surface area is 169 Å². The number of benzene rings is 1. The van der Waals surface area contributed by atoms with Crippen LogP contribution in [-0.4, -0.2) is 44.2 Å². The maximum Gasteiger partial charge on any atom is 0.245 e. The summed E-state index contributed by atoms with van der Waals surface area (Å²) in [5, 5.41) is 20.0. The number of aromatic hydroxyl groups is 1. The van der Waals surface area contributed by atoms with Crippen LogP contribution in [0.15, 0.2) is 43.0 Å². The van der Waals surface area contributed by atoms with Gasteiger partial charge in [-0.15, -0.1) is 10.2 Å². The van der Waals surface area contributed by atoms with Gasteiger partial charge >= 0.3 is 0 Å². The lowest BCUT2D eigenvalue weighted by atomic mass is 9.90. The fraction of sp³-hybridized carbons (Fsp3) is 0.348. The van der Waals surface area contributed by atoms with Crippen LogP contribution in [0.1, 0.15) is 36.4 Å². The molecule has 5 rings (SSSR count). The third kappa shape index (κ3) is 3.28. The number of carbonyl (C=O) groups excluding carboxylic acids is 1. The fourth-order valence-electron chi connectivity index (χ4n) is 4.23. The number of carbonyl (C=O) groups is 1. The predicted molar refractivity (Wildman–Crippen MR) is 112 cm³/mol. The molecule has 3 heterocycles. The van der Waals surface area contributed by atoms with Crippen molar-refractivity contribution in [1.29, 1.82) is 0 Å². The normalized spacial score (nSPS) is 16.8. The Hall–Kier alpha value is -3.15. The summed E-state index contributed by atoms with van der Waals surface area (Å²) in [5.41, 5.74) is 4.60. The molecule has 29 heavy (non-hydrogen) atoms. The van der Waals surface area contributed by atoms with Crippen LogP contribution in [0, 0.1) is 5.92 Å². The molecule has 1 aliphatic carbocycles. The maximum atomic E-state index is 11.8. The van der Waals surface area contributed by atoms with Gasteiger partial charge in [-0.2, -0.15) is 0 Å². The number of nitrogens with one attached hydrogen (secondary N) is 1. The van der Waals surface area contributed by atoms with Gasteiger partial charge in [0.1, 0.15) is 5.75 Å². The summed E-state index contributed by atoms with van der Waals surface area (Å²) in [4.78, 5) is 17.1. The highest BCUT2D eigenvalue weighted by Gasteiger charge is 2.34. The molecule has 6 nitrogen and oxygen atoms in total. The summed E-state index contributed by atoms with van der Waals surface area (Å²) in [5.74, 6) is 1.31. The van der Waals surface area contributed by atoms with Crippen LogP contribution in [0.25, 0.3) is 22.3 Å². The molecule has 0 unspecified atom stereocenters. The van der Waals surface area contributed by atoms with E-state index < -0.39 is 0 Å². The monoisotopic (exact) mass is 388 g/mol. The van der Waals surface area contributed by atoms with E-state index >= 15 is 0 Å². The van der Waals surface area contributed by atoms with Crippen LogP contribution < -0.4 is 0 Å². The molecule has 2 aromatic heterocycles. The molecule has 1 amide bonds. The number of hydrogen-bond acceptors (Lipinski definition) is 4. The third-order valence-electron chi connectivity index (χ3n) is 6.15. The van der Waals surface area contributed by atoms with Gasteiger partial charge in [0.2, 0.25) is 5.91 Å². The highest BCUT2D eigenvalue weighted by molar-refractivity contribution is 5.88. The fourth-order valence-corrected chi connectivity index (χ4v) is 4.23. The quantitative estimate of drug-likeness (QED) is 0.630. The molecule has 1 aromatic carbocycles. The minimum Gasteiger partial charge on any atom is -0.507 e. The first-order valence-corrected chi connectivity index (χ1v) is 10.2. The Morgan fingerprint density at radius 1 is 1.28 bits per heavy atom. The van der Waals surface area contributed by atoms with E-state index in [0.29, 0.717) is 24.3 Å². The second kappa shape index (κ2) is 7.03. The van der Waals surface area contributed by atoms with Gasteiger partial charge in [-0.05, 0) is 48.6 Å². The average Bonchev–Trinajstić information content (AvgIpc) is 3.46. The molecule has 148 valence electrons. The molecular weight excluding hydrogens is 364 g/mol. The molecule has 2 N–H and O–H groups in total. The van der Waals surface area contributed by atoms with E-state index in [1.165, 1.54) is 36.6 Å². The SMILES string of the molecule is C=CC(=O)N1CC(c2[nH]c3nnc(-c4ccccc4O)cc3c2CCC2CC2)C1. The van der Waals surface area contributed by atoms with Crippen LogP contribution in [0.5, 0.6) is 5.75 Å². The summed E-state index contributed by atoms with van der Waals surface area (Å²) >= 11 is 0. The van der Waals surface area contributed by atoms with E-state index in [1.54, 1.807) is 12.1 Å². The number of amides is 1. The maximum absolute atomic E-state index is 11.8. The van der Waals surface area contributed by atoms with Gasteiger partial charge in [0.25, 0.3) is 0 Å². The van der Waals surface area contributed by atoms with Crippen molar-refractivity contribution in [3.63, 3.8) is 0 Å². The molecule has 1 saturated carbocycles. The number of phenols is 1. The Bertz CT molecular complexity index is 1090. The first kappa shape index (κ1) is 17.9. The third-order valence-corrected chi connectivity index (χ3v) is 6.15. The molecular formula is C23H24N4O2. The molecule has 6 heteroatoms. The van der Waals surface area contributed by atoms with E-state index in [2.05, 4.69) is 21.8 Å². The Morgan fingerprint density at radius 2 is 2.07 bits per heavy atom. The lowest BCUT2D eigenvalue weighted by Crippen LogP contribution is -2.48. The van der Waals surface area contributed by atoms with Crippen LogP contribution in [0.3, 0.4) is 0 Å². The lowest BCUT2D eigenvalue weighted by Gasteiger charge is -2.38. The number of phenolic OH excluding ortho intramolecular Hbond substituents is 1. The van der Waals surface area contributed by atoms with Crippen molar-refractivity contribution in [3.05, 3.63) is 54.2 Å². The zero-order chi connectivity index (χ0) is 20.0. The first-order chi connectivity index (χ1) is 14.1. The van der Waals surface area contributed by atoms with Crippen LogP contribution in [-0.2, 0) is 11.2 Å². The summed E-state index contributed by atoms with van der Waals surface area (Å²) in [6.45, 7) is 4.98. The number of aryl methyl sites for hydroxylation is 1. The standard InChI is InChI=1S/C23H24N4O2/c1-2-21(29)27-12-15(13-27)22-16(10-9-14-7-8-14)18-11-19(25-26-23(18)24-22)17-5-3-4-6-20(17)28/h2-6,11,14-15,28H,1,7-10,12-13H2,(H,24,26). The minimum atomic E-state index is -0.0153. The minimum absolute atomic E-state index is 0.0153. The van der Waals surface area contributed by atoms with Crippen molar-refractivity contribution >= 4 is 16.9 Å². The topological polar surface area (TPSA) is 82.1 Å². The largest absolute Gasteiger partial charge is 0.507 e. The number of nitrogens with zero attached hydrogens (tertiary/aromatic N) is 3. The molecule has 3 aromatic rings. The molecule has 0 spiro atoms. The number of likely N-dealkylation sites (tertiary alicyclic amines) is 1. The summed E-state index contributed by atoms with van der Waals surface area (Å²) in [7, 11) is 0. The summed E-state index contributed by atoms with van der Waals surface area (Å²) in [6.07, 6.45) is 6.20. The van der Waals surface area contributed by atoms with Gasteiger partial charge in [0, 0.05) is 35.7 Å². The average molecular weight is 388 g/mol. The highest BCUT2D eigenvalue weighted by atomic mass is 16.3. The molecule has 0 radical (unpaired) electrons. The molecule has 2 fully saturated rings. The smallest absolute Gasteiger partial charge is 0.245 e. The predicted octanol–water partition coefficient (Wildman–Crippen LogP) is 3.78. The zero-order valence-electron chi connectivity index (χ0n) is 16.3. The van der Waals surface area contributed by atoms with Gasteiger partial charge in [-0.1, -0.05) is 31.6 Å². The van der Waals surface area contributed by atoms with Crippen molar-refractivity contribution in [3.8, 4) is 17.0 Å².